The van der Waals surface area contributed by atoms with Gasteiger partial charge in [-0.3, -0.25) is 4.79 Å². The summed E-state index contributed by atoms with van der Waals surface area (Å²) >= 11 is 0. The number of hydrogen-bond acceptors (Lipinski definition) is 6. The Hall–Kier alpha value is -2.29. The van der Waals surface area contributed by atoms with E-state index >= 15 is 0 Å². The van der Waals surface area contributed by atoms with Crippen LogP contribution in [0.3, 0.4) is 0 Å². The molecule has 1 N–H and O–H groups in total. The van der Waals surface area contributed by atoms with Crippen molar-refractivity contribution in [2.24, 2.45) is 7.05 Å². The molecule has 8 nitrogen and oxygen atoms in total. The quantitative estimate of drug-likeness (QED) is 0.813. The second-order valence-corrected chi connectivity index (χ2v) is 6.16. The molecule has 0 saturated carbocycles. The zero-order valence-corrected chi connectivity index (χ0v) is 11.4. The largest absolute Gasteiger partial charge is 0.481 e. The first-order valence-electron chi connectivity index (χ1n) is 5.63. The first-order chi connectivity index (χ1) is 9.37. The fraction of sp³-hybridized carbons (Fsp3) is 0.273. The molecule has 9 heteroatoms. The molecule has 0 atom stereocenters. The second kappa shape index (κ2) is 5.37. The van der Waals surface area contributed by atoms with E-state index in [0.717, 1.165) is 0 Å². The van der Waals surface area contributed by atoms with Crippen molar-refractivity contribution >= 4 is 15.8 Å². The van der Waals surface area contributed by atoms with Crippen LogP contribution in [0.5, 0.6) is 0 Å². The average Bonchev–Trinajstić information content (AvgIpc) is 2.74. The number of tetrazole rings is 1. The Morgan fingerprint density at radius 3 is 2.45 bits per heavy atom. The Morgan fingerprint density at radius 1 is 1.30 bits per heavy atom. The Labute approximate surface area is 115 Å². The summed E-state index contributed by atoms with van der Waals surface area (Å²) in [6.07, 6.45) is -0.147. The number of aromatic nitrogens is 4. The van der Waals surface area contributed by atoms with Crippen LogP contribution in [0.2, 0.25) is 0 Å². The average molecular weight is 296 g/mol. The van der Waals surface area contributed by atoms with Crippen LogP contribution in [0, 0.1) is 0 Å². The van der Waals surface area contributed by atoms with Gasteiger partial charge >= 0.3 is 5.97 Å². The van der Waals surface area contributed by atoms with E-state index in [1.54, 1.807) is 7.05 Å². The molecule has 0 amide bonds. The first-order valence-corrected chi connectivity index (χ1v) is 7.28. The van der Waals surface area contributed by atoms with Gasteiger partial charge < -0.3 is 5.11 Å². The first kappa shape index (κ1) is 14.1. The van der Waals surface area contributed by atoms with Gasteiger partial charge in [0.2, 0.25) is 0 Å². The van der Waals surface area contributed by atoms with Gasteiger partial charge in [-0.05, 0) is 22.9 Å². The number of carbonyl (C=O) groups is 1. The topological polar surface area (TPSA) is 115 Å². The molecule has 0 aliphatic heterocycles. The Bertz CT molecular complexity index is 721. The van der Waals surface area contributed by atoms with Crippen molar-refractivity contribution in [3.63, 3.8) is 0 Å². The predicted octanol–water partition coefficient (Wildman–Crippen LogP) is -0.189. The minimum Gasteiger partial charge on any atom is -0.481 e. The lowest BCUT2D eigenvalue weighted by Gasteiger charge is -2.03. The molecule has 0 radical (unpaired) electrons. The standard InChI is InChI=1S/C11H12N4O4S/c1-15-13-10(12-14-15)7-20(18,19)9-4-2-8(3-5-9)6-11(16)17/h2-5H,6-7H2,1H3,(H,16,17). The predicted molar refractivity (Wildman–Crippen MR) is 67.5 cm³/mol. The summed E-state index contributed by atoms with van der Waals surface area (Å²) in [4.78, 5) is 11.8. The van der Waals surface area contributed by atoms with E-state index in [1.165, 1.54) is 29.1 Å². The van der Waals surface area contributed by atoms with Gasteiger partial charge in [0, 0.05) is 0 Å². The summed E-state index contributed by atoms with van der Waals surface area (Å²) in [5.41, 5.74) is 0.536. The number of rotatable bonds is 5. The maximum absolute atomic E-state index is 12.1. The molecule has 1 aromatic heterocycles. The minimum atomic E-state index is -3.57. The minimum absolute atomic E-state index is 0.0964. The van der Waals surface area contributed by atoms with Crippen LogP contribution in [0.25, 0.3) is 0 Å². The van der Waals surface area contributed by atoms with Crippen molar-refractivity contribution in [2.75, 3.05) is 0 Å². The molecule has 0 aliphatic rings. The van der Waals surface area contributed by atoms with Crippen molar-refractivity contribution in [3.8, 4) is 0 Å². The van der Waals surface area contributed by atoms with Crippen LogP contribution in [0.15, 0.2) is 29.2 Å². The maximum atomic E-state index is 12.1. The number of carboxylic acids is 1. The fourth-order valence-corrected chi connectivity index (χ4v) is 2.80. The van der Waals surface area contributed by atoms with Crippen LogP contribution in [0.4, 0.5) is 0 Å². The van der Waals surface area contributed by atoms with E-state index in [4.69, 9.17) is 5.11 Å². The van der Waals surface area contributed by atoms with E-state index in [1.807, 2.05) is 0 Å². The van der Waals surface area contributed by atoms with Gasteiger partial charge in [0.15, 0.2) is 15.7 Å². The van der Waals surface area contributed by atoms with Gasteiger partial charge in [-0.25, -0.2) is 8.42 Å². The SMILES string of the molecule is Cn1nnc(CS(=O)(=O)c2ccc(CC(=O)O)cc2)n1. The molecule has 0 unspecified atom stereocenters. The number of hydrogen-bond donors (Lipinski definition) is 1. The van der Waals surface area contributed by atoms with Gasteiger partial charge in [-0.1, -0.05) is 12.1 Å². The lowest BCUT2D eigenvalue weighted by Crippen LogP contribution is -2.07. The smallest absolute Gasteiger partial charge is 0.307 e. The summed E-state index contributed by atoms with van der Waals surface area (Å²) in [7, 11) is -2.03. The Kier molecular flexibility index (Phi) is 3.79. The number of sulfone groups is 1. The van der Waals surface area contributed by atoms with Crippen molar-refractivity contribution in [2.45, 2.75) is 17.1 Å². The van der Waals surface area contributed by atoms with Crippen LogP contribution in [-0.4, -0.2) is 39.7 Å². The van der Waals surface area contributed by atoms with Crippen molar-refractivity contribution in [1.29, 1.82) is 0 Å². The van der Waals surface area contributed by atoms with Crippen molar-refractivity contribution < 1.29 is 18.3 Å². The molecule has 106 valence electrons. The monoisotopic (exact) mass is 296 g/mol. The number of carboxylic acid groups (broad SMARTS) is 1. The highest BCUT2D eigenvalue weighted by Gasteiger charge is 2.18. The number of aliphatic carboxylic acids is 1. The maximum Gasteiger partial charge on any atom is 0.307 e. The second-order valence-electron chi connectivity index (χ2n) is 4.17. The van der Waals surface area contributed by atoms with E-state index < -0.39 is 15.8 Å². The van der Waals surface area contributed by atoms with Crippen molar-refractivity contribution in [1.82, 2.24) is 20.2 Å². The summed E-state index contributed by atoms with van der Waals surface area (Å²) in [6.45, 7) is 0. The molecule has 20 heavy (non-hydrogen) atoms. The number of benzene rings is 1. The molecule has 0 aliphatic carbocycles. The molecule has 0 saturated heterocycles. The zero-order chi connectivity index (χ0) is 14.8. The highest BCUT2D eigenvalue weighted by Crippen LogP contribution is 2.15. The highest BCUT2D eigenvalue weighted by atomic mass is 32.2. The Morgan fingerprint density at radius 2 is 1.95 bits per heavy atom. The third-order valence-electron chi connectivity index (χ3n) is 2.51. The zero-order valence-electron chi connectivity index (χ0n) is 10.6. The van der Waals surface area contributed by atoms with Gasteiger partial charge in [0.05, 0.1) is 18.4 Å². The van der Waals surface area contributed by atoms with Gasteiger partial charge in [0.25, 0.3) is 0 Å². The van der Waals surface area contributed by atoms with E-state index in [0.29, 0.717) is 5.56 Å². The molecule has 2 rings (SSSR count). The highest BCUT2D eigenvalue weighted by molar-refractivity contribution is 7.90. The molecule has 1 heterocycles. The van der Waals surface area contributed by atoms with E-state index in [2.05, 4.69) is 15.4 Å². The Balaban J connectivity index is 2.19. The summed E-state index contributed by atoms with van der Waals surface area (Å²) in [5, 5.41) is 19.7. The van der Waals surface area contributed by atoms with Gasteiger partial charge in [0.1, 0.15) is 5.75 Å². The van der Waals surface area contributed by atoms with E-state index in [9.17, 15) is 13.2 Å². The van der Waals surface area contributed by atoms with Crippen LogP contribution >= 0.6 is 0 Å². The molecular formula is C11H12N4O4S. The van der Waals surface area contributed by atoms with Crippen molar-refractivity contribution in [3.05, 3.63) is 35.7 Å². The number of aryl methyl sites for hydroxylation is 1. The fourth-order valence-electron chi connectivity index (χ4n) is 1.62. The van der Waals surface area contributed by atoms with E-state index in [-0.39, 0.29) is 22.9 Å². The molecule has 0 spiro atoms. The molecular weight excluding hydrogens is 284 g/mol. The summed E-state index contributed by atoms with van der Waals surface area (Å²) in [6, 6.07) is 5.71. The lowest BCUT2D eigenvalue weighted by molar-refractivity contribution is -0.136. The third kappa shape index (κ3) is 3.38. The van der Waals surface area contributed by atoms with Crippen LogP contribution < -0.4 is 0 Å². The van der Waals surface area contributed by atoms with Crippen LogP contribution in [0.1, 0.15) is 11.4 Å². The summed E-state index contributed by atoms with van der Waals surface area (Å²) < 4.78 is 24.2. The van der Waals surface area contributed by atoms with Gasteiger partial charge in [-0.2, -0.15) is 4.80 Å². The molecule has 2 aromatic rings. The van der Waals surface area contributed by atoms with Crippen LogP contribution in [-0.2, 0) is 33.9 Å². The molecule has 0 fully saturated rings. The number of nitrogens with zero attached hydrogens (tertiary/aromatic N) is 4. The summed E-state index contributed by atoms with van der Waals surface area (Å²) in [5.74, 6) is -1.20. The van der Waals surface area contributed by atoms with Gasteiger partial charge in [-0.15, -0.1) is 10.2 Å². The molecule has 0 bridgehead atoms. The lowest BCUT2D eigenvalue weighted by atomic mass is 10.2. The third-order valence-corrected chi connectivity index (χ3v) is 4.14. The molecule has 1 aromatic carbocycles. The normalized spacial score (nSPS) is 11.4.